The van der Waals surface area contributed by atoms with E-state index in [0.29, 0.717) is 6.42 Å². The molecule has 32 heavy (non-hydrogen) atoms. The molecular formula is C24H29N3O4S. The molecule has 1 aliphatic heterocycles. The summed E-state index contributed by atoms with van der Waals surface area (Å²) in [5.41, 5.74) is 6.21. The Balaban J connectivity index is 1.69. The third-order valence-corrected chi connectivity index (χ3v) is 8.28. The Morgan fingerprint density at radius 1 is 1.09 bits per heavy atom. The lowest BCUT2D eigenvalue weighted by atomic mass is 9.85. The monoisotopic (exact) mass is 455 g/mol. The van der Waals surface area contributed by atoms with E-state index in [9.17, 15) is 13.7 Å². The fourth-order valence-corrected chi connectivity index (χ4v) is 4.53. The van der Waals surface area contributed by atoms with Crippen LogP contribution >= 0.6 is 0 Å². The molecule has 2 aromatic carbocycles. The molecule has 0 saturated carbocycles. The smallest absolute Gasteiger partial charge is 0.154 e. The number of hydroxylamine groups is 1. The third kappa shape index (κ3) is 5.01. The zero-order valence-electron chi connectivity index (χ0n) is 18.8. The first-order chi connectivity index (χ1) is 15.0. The molecule has 7 nitrogen and oxygen atoms in total. The number of hydrogen-bond acceptors (Lipinski definition) is 7. The van der Waals surface area contributed by atoms with E-state index in [1.165, 1.54) is 0 Å². The number of rotatable bonds is 8. The summed E-state index contributed by atoms with van der Waals surface area (Å²) in [4.78, 5) is 5.52. The molecule has 0 bridgehead atoms. The van der Waals surface area contributed by atoms with Crippen LogP contribution in [-0.4, -0.2) is 43.0 Å². The van der Waals surface area contributed by atoms with Gasteiger partial charge in [0, 0.05) is 25.6 Å². The van der Waals surface area contributed by atoms with Crippen LogP contribution in [0.2, 0.25) is 0 Å². The average molecular weight is 456 g/mol. The largest absolute Gasteiger partial charge is 0.392 e. The van der Waals surface area contributed by atoms with Gasteiger partial charge in [0.2, 0.25) is 0 Å². The van der Waals surface area contributed by atoms with Gasteiger partial charge in [-0.1, -0.05) is 53.7 Å². The zero-order valence-corrected chi connectivity index (χ0v) is 19.6. The standard InChI is InChI=1S/C24H29N3O4S/c1-23(2,15-25)20-11-9-18(10-12-20)17-5-7-19(8-6-17)22-13-21(31-27-22)14-24(3,16-26-28)32(4,29)30/h5-12,21,26,28H,13-14,16H2,1-4H3/t21-,24-/m1/s1. The third-order valence-electron chi connectivity index (χ3n) is 6.18. The van der Waals surface area contributed by atoms with Crippen molar-refractivity contribution in [3.05, 3.63) is 59.7 Å². The molecule has 2 aromatic rings. The van der Waals surface area contributed by atoms with Crippen LogP contribution < -0.4 is 5.48 Å². The van der Waals surface area contributed by atoms with Crippen molar-refractivity contribution < 1.29 is 18.5 Å². The number of nitrogens with one attached hydrogen (secondary N) is 1. The molecule has 170 valence electrons. The first-order valence-electron chi connectivity index (χ1n) is 10.4. The molecule has 1 heterocycles. The van der Waals surface area contributed by atoms with E-state index in [0.717, 1.165) is 34.2 Å². The van der Waals surface area contributed by atoms with Gasteiger partial charge in [-0.2, -0.15) is 5.26 Å². The molecule has 8 heteroatoms. The molecule has 2 atom stereocenters. The predicted molar refractivity (Wildman–Crippen MR) is 124 cm³/mol. The van der Waals surface area contributed by atoms with Crippen LogP contribution in [0.3, 0.4) is 0 Å². The van der Waals surface area contributed by atoms with Crippen molar-refractivity contribution in [2.45, 2.75) is 49.9 Å². The number of nitrogens with zero attached hydrogens (tertiary/aromatic N) is 2. The number of benzene rings is 2. The van der Waals surface area contributed by atoms with E-state index < -0.39 is 20.0 Å². The summed E-state index contributed by atoms with van der Waals surface area (Å²) in [6, 6.07) is 18.2. The van der Waals surface area contributed by atoms with Gasteiger partial charge in [0.25, 0.3) is 0 Å². The number of oxime groups is 1. The summed E-state index contributed by atoms with van der Waals surface area (Å²) in [5.74, 6) is 0. The predicted octanol–water partition coefficient (Wildman–Crippen LogP) is 3.82. The van der Waals surface area contributed by atoms with Crippen molar-refractivity contribution in [3.63, 3.8) is 0 Å². The molecule has 0 unspecified atom stereocenters. The van der Waals surface area contributed by atoms with Gasteiger partial charge >= 0.3 is 0 Å². The van der Waals surface area contributed by atoms with E-state index in [2.05, 4.69) is 11.2 Å². The van der Waals surface area contributed by atoms with Crippen LogP contribution in [0.4, 0.5) is 0 Å². The minimum atomic E-state index is -3.42. The van der Waals surface area contributed by atoms with E-state index in [1.54, 1.807) is 6.92 Å². The van der Waals surface area contributed by atoms with Gasteiger partial charge in [0.15, 0.2) is 9.84 Å². The van der Waals surface area contributed by atoms with Gasteiger partial charge in [0.1, 0.15) is 6.10 Å². The van der Waals surface area contributed by atoms with Gasteiger partial charge in [0.05, 0.1) is 21.9 Å². The van der Waals surface area contributed by atoms with Gasteiger partial charge in [-0.25, -0.2) is 13.9 Å². The fourth-order valence-electron chi connectivity index (χ4n) is 3.71. The Morgan fingerprint density at radius 3 is 2.12 bits per heavy atom. The van der Waals surface area contributed by atoms with Gasteiger partial charge in [-0.3, -0.25) is 0 Å². The van der Waals surface area contributed by atoms with Crippen molar-refractivity contribution in [1.82, 2.24) is 5.48 Å². The maximum atomic E-state index is 12.2. The highest BCUT2D eigenvalue weighted by molar-refractivity contribution is 7.92. The Kier molecular flexibility index (Phi) is 6.75. The molecule has 0 saturated heterocycles. The Hall–Kier alpha value is -2.73. The Bertz CT molecular complexity index is 1130. The summed E-state index contributed by atoms with van der Waals surface area (Å²) in [5, 5.41) is 22.5. The highest BCUT2D eigenvalue weighted by atomic mass is 32.2. The molecular weight excluding hydrogens is 426 g/mol. The van der Waals surface area contributed by atoms with Crippen molar-refractivity contribution in [2.24, 2.45) is 5.16 Å². The summed E-state index contributed by atoms with van der Waals surface area (Å²) in [6.07, 6.45) is 1.49. The fraction of sp³-hybridized carbons (Fsp3) is 0.417. The van der Waals surface area contributed by atoms with Crippen LogP contribution in [0.15, 0.2) is 53.7 Å². The normalized spacial score (nSPS) is 18.4. The molecule has 0 aliphatic carbocycles. The minimum Gasteiger partial charge on any atom is -0.392 e. The highest BCUT2D eigenvalue weighted by Crippen LogP contribution is 2.30. The molecule has 3 rings (SSSR count). The molecule has 0 aromatic heterocycles. The van der Waals surface area contributed by atoms with Gasteiger partial charge in [-0.05, 0) is 43.0 Å². The van der Waals surface area contributed by atoms with Crippen molar-refractivity contribution in [1.29, 1.82) is 5.26 Å². The minimum absolute atomic E-state index is 0.0833. The second-order valence-corrected chi connectivity index (χ2v) is 11.7. The Labute approximate surface area is 189 Å². The maximum absolute atomic E-state index is 12.2. The summed E-state index contributed by atoms with van der Waals surface area (Å²) in [6.45, 7) is 5.30. The lowest BCUT2D eigenvalue weighted by Gasteiger charge is -2.28. The molecule has 1 aliphatic rings. The quantitative estimate of drug-likeness (QED) is 0.585. The lowest BCUT2D eigenvalue weighted by Crippen LogP contribution is -2.46. The van der Waals surface area contributed by atoms with E-state index >= 15 is 0 Å². The highest BCUT2D eigenvalue weighted by Gasteiger charge is 2.40. The van der Waals surface area contributed by atoms with Crippen LogP contribution in [0.25, 0.3) is 11.1 Å². The Morgan fingerprint density at radius 2 is 1.62 bits per heavy atom. The van der Waals surface area contributed by atoms with E-state index in [1.807, 2.05) is 67.9 Å². The summed E-state index contributed by atoms with van der Waals surface area (Å²) < 4.78 is 23.2. The molecule has 0 radical (unpaired) electrons. The molecule has 0 amide bonds. The lowest BCUT2D eigenvalue weighted by molar-refractivity contribution is 0.0646. The zero-order chi connectivity index (χ0) is 23.6. The van der Waals surface area contributed by atoms with Gasteiger partial charge < -0.3 is 10.0 Å². The maximum Gasteiger partial charge on any atom is 0.154 e. The number of hydrogen-bond donors (Lipinski definition) is 2. The second-order valence-electron chi connectivity index (χ2n) is 9.12. The van der Waals surface area contributed by atoms with Gasteiger partial charge in [-0.15, -0.1) is 0 Å². The molecule has 2 N–H and O–H groups in total. The molecule has 0 fully saturated rings. The number of sulfone groups is 1. The average Bonchev–Trinajstić information content (AvgIpc) is 3.21. The van der Waals surface area contributed by atoms with E-state index in [4.69, 9.17) is 10.0 Å². The van der Waals surface area contributed by atoms with Crippen LogP contribution in [0, 0.1) is 11.3 Å². The van der Waals surface area contributed by atoms with Crippen molar-refractivity contribution in [3.8, 4) is 17.2 Å². The molecule has 0 spiro atoms. The van der Waals surface area contributed by atoms with Crippen molar-refractivity contribution >= 4 is 15.5 Å². The van der Waals surface area contributed by atoms with Crippen LogP contribution in [-0.2, 0) is 20.1 Å². The topological polar surface area (TPSA) is 112 Å². The van der Waals surface area contributed by atoms with E-state index in [-0.39, 0.29) is 19.1 Å². The van der Waals surface area contributed by atoms with Crippen LogP contribution in [0.5, 0.6) is 0 Å². The van der Waals surface area contributed by atoms with Crippen molar-refractivity contribution in [2.75, 3.05) is 12.8 Å². The number of nitriles is 1. The first kappa shape index (κ1) is 23.9. The first-order valence-corrected chi connectivity index (χ1v) is 12.3. The summed E-state index contributed by atoms with van der Waals surface area (Å²) in [7, 11) is -3.42. The summed E-state index contributed by atoms with van der Waals surface area (Å²) >= 11 is 0. The second kappa shape index (κ2) is 9.02. The van der Waals surface area contributed by atoms with Crippen LogP contribution in [0.1, 0.15) is 44.7 Å². The SMILES string of the molecule is CC(C)(C#N)c1ccc(-c2ccc(C3=NO[C@@H](C[C@](C)(CNO)S(C)(=O)=O)C3)cc2)cc1.